The van der Waals surface area contributed by atoms with Crippen molar-refractivity contribution in [3.05, 3.63) is 60.2 Å². The van der Waals surface area contributed by atoms with Crippen molar-refractivity contribution in [2.45, 2.75) is 31.8 Å². The van der Waals surface area contributed by atoms with E-state index in [2.05, 4.69) is 56.2 Å². The Bertz CT molecular complexity index is 894. The molecule has 0 aliphatic carbocycles. The lowest BCUT2D eigenvalue weighted by molar-refractivity contribution is 0.222. The van der Waals surface area contributed by atoms with E-state index < -0.39 is 0 Å². The van der Waals surface area contributed by atoms with Gasteiger partial charge in [-0.15, -0.1) is 0 Å². The summed E-state index contributed by atoms with van der Waals surface area (Å²) in [5, 5.41) is 9.95. The van der Waals surface area contributed by atoms with Gasteiger partial charge in [0.2, 0.25) is 0 Å². The van der Waals surface area contributed by atoms with Crippen molar-refractivity contribution in [1.29, 1.82) is 0 Å². The van der Waals surface area contributed by atoms with Crippen LogP contribution in [0.25, 0.3) is 0 Å². The molecule has 2 saturated heterocycles. The number of guanidine groups is 1. The van der Waals surface area contributed by atoms with E-state index in [1.807, 2.05) is 29.2 Å². The number of hydrogen-bond donors (Lipinski definition) is 3. The summed E-state index contributed by atoms with van der Waals surface area (Å²) in [5.41, 5.74) is 3.19. The quantitative estimate of drug-likeness (QED) is 0.513. The van der Waals surface area contributed by atoms with E-state index in [1.165, 1.54) is 5.69 Å². The van der Waals surface area contributed by atoms with Gasteiger partial charge in [0.25, 0.3) is 0 Å². The van der Waals surface area contributed by atoms with Gasteiger partial charge in [0.1, 0.15) is 0 Å². The molecule has 2 fully saturated rings. The minimum absolute atomic E-state index is 0.00992. The Kier molecular flexibility index (Phi) is 6.92. The first kappa shape index (κ1) is 21.0. The number of para-hydroxylation sites is 1. The molecule has 2 aromatic carbocycles. The normalized spacial score (nSPS) is 18.9. The SMILES string of the molecule is CN=C(NCc1cccc(NC(=O)N2CCCC2)c1)NC1CCN(c2ccccc2)C1. The molecule has 2 aliphatic heterocycles. The molecule has 3 N–H and O–H groups in total. The number of carbonyl (C=O) groups is 1. The summed E-state index contributed by atoms with van der Waals surface area (Å²) in [6, 6.07) is 18.9. The van der Waals surface area contributed by atoms with E-state index in [1.54, 1.807) is 7.05 Å². The van der Waals surface area contributed by atoms with Gasteiger partial charge in [0.05, 0.1) is 0 Å². The molecule has 0 radical (unpaired) electrons. The van der Waals surface area contributed by atoms with Crippen LogP contribution in [0.1, 0.15) is 24.8 Å². The summed E-state index contributed by atoms with van der Waals surface area (Å²) in [6.07, 6.45) is 3.26. The standard InChI is InChI=1S/C24H32N6O/c1-25-23(27-21-12-15-30(18-21)22-10-3-2-4-11-22)26-17-19-8-7-9-20(16-19)28-24(31)29-13-5-6-14-29/h2-4,7-11,16,21H,5-6,12-15,17-18H2,1H3,(H,28,31)(H2,25,26,27). The van der Waals surface area contributed by atoms with E-state index in [0.29, 0.717) is 12.6 Å². The van der Waals surface area contributed by atoms with Crippen molar-refractivity contribution in [2.75, 3.05) is 43.4 Å². The second-order valence-electron chi connectivity index (χ2n) is 8.16. The fraction of sp³-hybridized carbons (Fsp3) is 0.417. The van der Waals surface area contributed by atoms with Crippen LogP contribution in [-0.4, -0.2) is 56.2 Å². The smallest absolute Gasteiger partial charge is 0.321 e. The average molecular weight is 421 g/mol. The van der Waals surface area contributed by atoms with Crippen LogP contribution in [0.4, 0.5) is 16.2 Å². The molecule has 0 aromatic heterocycles. The topological polar surface area (TPSA) is 72.0 Å². The van der Waals surface area contributed by atoms with Crippen LogP contribution < -0.4 is 20.9 Å². The number of carbonyl (C=O) groups excluding carboxylic acids is 1. The van der Waals surface area contributed by atoms with Crippen LogP contribution in [0, 0.1) is 0 Å². The Balaban J connectivity index is 1.26. The van der Waals surface area contributed by atoms with Crippen molar-refractivity contribution < 1.29 is 4.79 Å². The Hall–Kier alpha value is -3.22. The molecule has 1 atom stereocenters. The van der Waals surface area contributed by atoms with Crippen LogP contribution >= 0.6 is 0 Å². The highest BCUT2D eigenvalue weighted by Gasteiger charge is 2.23. The molecule has 0 spiro atoms. The lowest BCUT2D eigenvalue weighted by Gasteiger charge is -2.20. The maximum atomic E-state index is 12.3. The lowest BCUT2D eigenvalue weighted by Crippen LogP contribution is -2.44. The fourth-order valence-corrected chi connectivity index (χ4v) is 4.21. The summed E-state index contributed by atoms with van der Waals surface area (Å²) < 4.78 is 0. The van der Waals surface area contributed by atoms with Crippen LogP contribution in [0.3, 0.4) is 0 Å². The molecule has 2 aromatic rings. The Morgan fingerprint density at radius 2 is 1.87 bits per heavy atom. The second-order valence-corrected chi connectivity index (χ2v) is 8.16. The Morgan fingerprint density at radius 1 is 1.06 bits per heavy atom. The Labute approximate surface area is 184 Å². The van der Waals surface area contributed by atoms with E-state index >= 15 is 0 Å². The predicted octanol–water partition coefficient (Wildman–Crippen LogP) is 3.26. The number of likely N-dealkylation sites (tertiary alicyclic amines) is 1. The summed E-state index contributed by atoms with van der Waals surface area (Å²) in [7, 11) is 1.80. The zero-order valence-electron chi connectivity index (χ0n) is 18.2. The third kappa shape index (κ3) is 5.69. The van der Waals surface area contributed by atoms with Gasteiger partial charge in [-0.2, -0.15) is 0 Å². The number of amides is 2. The predicted molar refractivity (Wildman–Crippen MR) is 127 cm³/mol. The van der Waals surface area contributed by atoms with Gasteiger partial charge >= 0.3 is 6.03 Å². The van der Waals surface area contributed by atoms with Gasteiger partial charge in [-0.05, 0) is 49.1 Å². The zero-order chi connectivity index (χ0) is 21.5. The van der Waals surface area contributed by atoms with Gasteiger partial charge in [-0.1, -0.05) is 30.3 Å². The van der Waals surface area contributed by atoms with Gasteiger partial charge in [-0.25, -0.2) is 4.79 Å². The number of anilines is 2. The molecule has 7 nitrogen and oxygen atoms in total. The number of nitrogens with one attached hydrogen (secondary N) is 3. The number of hydrogen-bond acceptors (Lipinski definition) is 3. The van der Waals surface area contributed by atoms with Crippen LogP contribution in [0.15, 0.2) is 59.6 Å². The second kappa shape index (κ2) is 10.2. The maximum Gasteiger partial charge on any atom is 0.321 e. The van der Waals surface area contributed by atoms with Gasteiger partial charge < -0.3 is 25.8 Å². The first-order valence-electron chi connectivity index (χ1n) is 11.1. The molecule has 2 heterocycles. The molecule has 7 heteroatoms. The van der Waals surface area contributed by atoms with Crippen molar-refractivity contribution in [3.63, 3.8) is 0 Å². The number of aliphatic imine (C=N–C) groups is 1. The highest BCUT2D eigenvalue weighted by Crippen LogP contribution is 2.19. The van der Waals surface area contributed by atoms with E-state index in [-0.39, 0.29) is 6.03 Å². The number of urea groups is 1. The van der Waals surface area contributed by atoms with E-state index in [9.17, 15) is 4.79 Å². The van der Waals surface area contributed by atoms with E-state index in [4.69, 9.17) is 0 Å². The molecule has 0 saturated carbocycles. The zero-order valence-corrected chi connectivity index (χ0v) is 18.2. The molecular formula is C24H32N6O. The summed E-state index contributed by atoms with van der Waals surface area (Å²) >= 11 is 0. The molecule has 31 heavy (non-hydrogen) atoms. The van der Waals surface area contributed by atoms with Crippen molar-refractivity contribution in [2.24, 2.45) is 4.99 Å². The summed E-state index contributed by atoms with van der Waals surface area (Å²) in [5.74, 6) is 0.798. The number of rotatable bonds is 5. The van der Waals surface area contributed by atoms with E-state index in [0.717, 1.165) is 62.7 Å². The molecule has 0 bridgehead atoms. The maximum absolute atomic E-state index is 12.3. The summed E-state index contributed by atoms with van der Waals surface area (Å²) in [6.45, 7) is 4.33. The van der Waals surface area contributed by atoms with Crippen LogP contribution in [-0.2, 0) is 6.54 Å². The largest absolute Gasteiger partial charge is 0.369 e. The van der Waals surface area contributed by atoms with Gasteiger partial charge in [0, 0.05) is 57.2 Å². The minimum atomic E-state index is -0.00992. The number of benzene rings is 2. The highest BCUT2D eigenvalue weighted by molar-refractivity contribution is 5.89. The van der Waals surface area contributed by atoms with Gasteiger partial charge in [0.15, 0.2) is 5.96 Å². The molecule has 2 aliphatic rings. The van der Waals surface area contributed by atoms with Crippen molar-refractivity contribution in [1.82, 2.24) is 15.5 Å². The summed E-state index contributed by atoms with van der Waals surface area (Å²) in [4.78, 5) is 21.0. The Morgan fingerprint density at radius 3 is 2.65 bits per heavy atom. The monoisotopic (exact) mass is 420 g/mol. The molecule has 2 amide bonds. The van der Waals surface area contributed by atoms with Crippen LogP contribution in [0.2, 0.25) is 0 Å². The first-order chi connectivity index (χ1) is 15.2. The van der Waals surface area contributed by atoms with Gasteiger partial charge in [-0.3, -0.25) is 4.99 Å². The third-order valence-corrected chi connectivity index (χ3v) is 5.91. The molecule has 1 unspecified atom stereocenters. The highest BCUT2D eigenvalue weighted by atomic mass is 16.2. The minimum Gasteiger partial charge on any atom is -0.369 e. The fourth-order valence-electron chi connectivity index (χ4n) is 4.21. The number of nitrogens with zero attached hydrogens (tertiary/aromatic N) is 3. The van der Waals surface area contributed by atoms with Crippen molar-refractivity contribution in [3.8, 4) is 0 Å². The lowest BCUT2D eigenvalue weighted by atomic mass is 10.2. The molecule has 164 valence electrons. The average Bonchev–Trinajstić information content (AvgIpc) is 3.50. The van der Waals surface area contributed by atoms with Crippen molar-refractivity contribution >= 4 is 23.4 Å². The van der Waals surface area contributed by atoms with Crippen LogP contribution in [0.5, 0.6) is 0 Å². The first-order valence-corrected chi connectivity index (χ1v) is 11.1. The molecule has 4 rings (SSSR count). The molecular weight excluding hydrogens is 388 g/mol. The third-order valence-electron chi connectivity index (χ3n) is 5.91.